The van der Waals surface area contributed by atoms with E-state index in [1.807, 2.05) is 24.3 Å². The number of carbonyl (C=O) groups excluding carboxylic acids is 2. The molecule has 1 amide bonds. The van der Waals surface area contributed by atoms with Gasteiger partial charge in [0.2, 0.25) is 0 Å². The number of hydrogen-bond acceptors (Lipinski definition) is 6. The fourth-order valence-electron chi connectivity index (χ4n) is 2.45. The van der Waals surface area contributed by atoms with E-state index in [1.165, 1.54) is 14.2 Å². The van der Waals surface area contributed by atoms with Crippen molar-refractivity contribution in [3.05, 3.63) is 53.6 Å². The first-order chi connectivity index (χ1) is 13.1. The van der Waals surface area contributed by atoms with E-state index in [1.54, 1.807) is 25.3 Å². The molecule has 0 saturated carbocycles. The van der Waals surface area contributed by atoms with E-state index in [0.717, 1.165) is 11.3 Å². The van der Waals surface area contributed by atoms with Crippen LogP contribution in [0.1, 0.15) is 15.9 Å². The zero-order chi connectivity index (χ0) is 19.6. The summed E-state index contributed by atoms with van der Waals surface area (Å²) >= 11 is 0. The van der Waals surface area contributed by atoms with Crippen molar-refractivity contribution in [1.29, 1.82) is 0 Å². The molecule has 0 bridgehead atoms. The first-order valence-corrected chi connectivity index (χ1v) is 8.36. The summed E-state index contributed by atoms with van der Waals surface area (Å²) < 4.78 is 20.5. The van der Waals surface area contributed by atoms with Crippen LogP contribution < -0.4 is 19.5 Å². The molecule has 0 radical (unpaired) electrons. The Bertz CT molecular complexity index is 773. The molecule has 2 aromatic carbocycles. The lowest BCUT2D eigenvalue weighted by molar-refractivity contribution is -0.124. The number of hydrogen-bond donors (Lipinski definition) is 1. The Morgan fingerprint density at radius 2 is 1.67 bits per heavy atom. The molecule has 2 aromatic rings. The smallest absolute Gasteiger partial charge is 0.342 e. The monoisotopic (exact) mass is 373 g/mol. The van der Waals surface area contributed by atoms with Gasteiger partial charge in [-0.25, -0.2) is 4.79 Å². The molecule has 144 valence electrons. The van der Waals surface area contributed by atoms with Crippen LogP contribution in [0.2, 0.25) is 0 Å². The van der Waals surface area contributed by atoms with Gasteiger partial charge in [0.05, 0.1) is 21.3 Å². The minimum absolute atomic E-state index is 0.197. The summed E-state index contributed by atoms with van der Waals surface area (Å²) in [5.41, 5.74) is 1.26. The van der Waals surface area contributed by atoms with Gasteiger partial charge >= 0.3 is 5.97 Å². The van der Waals surface area contributed by atoms with Crippen molar-refractivity contribution >= 4 is 11.9 Å². The number of nitrogens with one attached hydrogen (secondary N) is 1. The van der Waals surface area contributed by atoms with E-state index in [-0.39, 0.29) is 23.8 Å². The minimum atomic E-state index is -0.656. The first kappa shape index (κ1) is 20.1. The van der Waals surface area contributed by atoms with Gasteiger partial charge in [-0.1, -0.05) is 18.2 Å². The van der Waals surface area contributed by atoms with Crippen molar-refractivity contribution in [2.24, 2.45) is 0 Å². The van der Waals surface area contributed by atoms with E-state index in [9.17, 15) is 9.59 Å². The molecular formula is C20H23NO6. The Balaban J connectivity index is 1.80. The van der Waals surface area contributed by atoms with Crippen LogP contribution in [-0.4, -0.2) is 46.4 Å². The predicted molar refractivity (Wildman–Crippen MR) is 99.5 cm³/mol. The maximum Gasteiger partial charge on any atom is 0.342 e. The number of para-hydroxylation sites is 1. The number of carbonyl (C=O) groups is 2. The molecule has 0 aliphatic carbocycles. The van der Waals surface area contributed by atoms with Crippen molar-refractivity contribution in [2.45, 2.75) is 6.42 Å². The first-order valence-electron chi connectivity index (χ1n) is 8.36. The van der Waals surface area contributed by atoms with Crippen molar-refractivity contribution in [2.75, 3.05) is 34.5 Å². The lowest BCUT2D eigenvalue weighted by Crippen LogP contribution is -2.30. The molecular weight excluding hydrogens is 350 g/mol. The van der Waals surface area contributed by atoms with Crippen molar-refractivity contribution < 1.29 is 28.5 Å². The number of amides is 1. The Morgan fingerprint density at radius 1 is 0.926 bits per heavy atom. The Morgan fingerprint density at radius 3 is 2.30 bits per heavy atom. The van der Waals surface area contributed by atoms with Crippen molar-refractivity contribution in [3.63, 3.8) is 0 Å². The van der Waals surface area contributed by atoms with Crippen LogP contribution in [0.4, 0.5) is 0 Å². The van der Waals surface area contributed by atoms with E-state index < -0.39 is 5.97 Å². The Kier molecular flexibility index (Phi) is 7.49. The summed E-state index contributed by atoms with van der Waals surface area (Å²) in [6, 6.07) is 12.4. The third-order valence-corrected chi connectivity index (χ3v) is 3.85. The van der Waals surface area contributed by atoms with Gasteiger partial charge in [-0.3, -0.25) is 4.79 Å². The van der Waals surface area contributed by atoms with Crippen LogP contribution >= 0.6 is 0 Å². The average molecular weight is 373 g/mol. The molecule has 0 aromatic heterocycles. The molecule has 0 atom stereocenters. The molecule has 0 aliphatic rings. The van der Waals surface area contributed by atoms with Gasteiger partial charge < -0.3 is 24.3 Å². The molecule has 0 heterocycles. The van der Waals surface area contributed by atoms with E-state index >= 15 is 0 Å². The molecule has 7 heteroatoms. The summed E-state index contributed by atoms with van der Waals surface area (Å²) in [6.45, 7) is 0.0625. The van der Waals surface area contributed by atoms with E-state index in [4.69, 9.17) is 18.9 Å². The van der Waals surface area contributed by atoms with Crippen LogP contribution in [0.3, 0.4) is 0 Å². The normalized spacial score (nSPS) is 10.0. The second-order valence-electron chi connectivity index (χ2n) is 5.57. The fraction of sp³-hybridized carbons (Fsp3) is 0.300. The standard InChI is InChI=1S/C20H23NO6/c1-24-15-9-7-14(8-10-15)11-12-21-18(22)13-27-20(23)16-5-4-6-17(25-2)19(16)26-3/h4-10H,11-13H2,1-3H3,(H,21,22). The average Bonchev–Trinajstić information content (AvgIpc) is 2.71. The van der Waals surface area contributed by atoms with Gasteiger partial charge in [0.1, 0.15) is 11.3 Å². The summed E-state index contributed by atoms with van der Waals surface area (Å²) in [7, 11) is 4.52. The summed E-state index contributed by atoms with van der Waals surface area (Å²) in [6.07, 6.45) is 0.660. The van der Waals surface area contributed by atoms with Crippen LogP contribution in [-0.2, 0) is 16.0 Å². The van der Waals surface area contributed by atoms with Crippen molar-refractivity contribution in [3.8, 4) is 17.2 Å². The molecule has 0 unspecified atom stereocenters. The SMILES string of the molecule is COc1ccc(CCNC(=O)COC(=O)c2cccc(OC)c2OC)cc1. The maximum atomic E-state index is 12.2. The number of benzene rings is 2. The third kappa shape index (κ3) is 5.64. The molecule has 0 spiro atoms. The molecule has 0 fully saturated rings. The highest BCUT2D eigenvalue weighted by atomic mass is 16.5. The fourth-order valence-corrected chi connectivity index (χ4v) is 2.45. The lowest BCUT2D eigenvalue weighted by atomic mass is 10.1. The molecule has 0 aliphatic heterocycles. The quantitative estimate of drug-likeness (QED) is 0.679. The molecule has 1 N–H and O–H groups in total. The maximum absolute atomic E-state index is 12.2. The second-order valence-corrected chi connectivity index (χ2v) is 5.57. The van der Waals surface area contributed by atoms with Crippen LogP contribution in [0.5, 0.6) is 17.2 Å². The number of methoxy groups -OCH3 is 3. The van der Waals surface area contributed by atoms with Gasteiger partial charge in [0, 0.05) is 6.54 Å². The third-order valence-electron chi connectivity index (χ3n) is 3.85. The lowest BCUT2D eigenvalue weighted by Gasteiger charge is -2.12. The zero-order valence-corrected chi connectivity index (χ0v) is 15.6. The topological polar surface area (TPSA) is 83.1 Å². The Hall–Kier alpha value is -3.22. The van der Waals surface area contributed by atoms with Gasteiger partial charge in [-0.05, 0) is 36.2 Å². The number of ether oxygens (including phenoxy) is 4. The number of esters is 1. The molecule has 0 saturated heterocycles. The summed E-state index contributed by atoms with van der Waals surface area (Å²) in [4.78, 5) is 24.1. The van der Waals surface area contributed by atoms with Gasteiger partial charge in [-0.2, -0.15) is 0 Å². The van der Waals surface area contributed by atoms with E-state index in [0.29, 0.717) is 18.7 Å². The Labute approximate surface area is 158 Å². The molecule has 2 rings (SSSR count). The molecule has 7 nitrogen and oxygen atoms in total. The largest absolute Gasteiger partial charge is 0.497 e. The summed E-state index contributed by atoms with van der Waals surface area (Å²) in [5, 5.41) is 2.71. The van der Waals surface area contributed by atoms with Crippen molar-refractivity contribution in [1.82, 2.24) is 5.32 Å². The second kappa shape index (κ2) is 10.1. The van der Waals surface area contributed by atoms with Gasteiger partial charge in [0.25, 0.3) is 5.91 Å². The summed E-state index contributed by atoms with van der Waals surface area (Å²) in [5.74, 6) is 0.429. The van der Waals surface area contributed by atoms with Crippen LogP contribution in [0.15, 0.2) is 42.5 Å². The number of rotatable bonds is 9. The van der Waals surface area contributed by atoms with Crippen LogP contribution in [0, 0.1) is 0 Å². The zero-order valence-electron chi connectivity index (χ0n) is 15.6. The predicted octanol–water partition coefficient (Wildman–Crippen LogP) is 2.23. The minimum Gasteiger partial charge on any atom is -0.497 e. The highest BCUT2D eigenvalue weighted by Gasteiger charge is 2.18. The molecule has 27 heavy (non-hydrogen) atoms. The van der Waals surface area contributed by atoms with E-state index in [2.05, 4.69) is 5.32 Å². The van der Waals surface area contributed by atoms with Crippen LogP contribution in [0.25, 0.3) is 0 Å². The highest BCUT2D eigenvalue weighted by molar-refractivity contribution is 5.94. The van der Waals surface area contributed by atoms with Gasteiger partial charge in [0.15, 0.2) is 18.1 Å². The highest BCUT2D eigenvalue weighted by Crippen LogP contribution is 2.31. The van der Waals surface area contributed by atoms with Gasteiger partial charge in [-0.15, -0.1) is 0 Å².